The van der Waals surface area contributed by atoms with Crippen molar-refractivity contribution >= 4 is 45.0 Å². The van der Waals surface area contributed by atoms with Gasteiger partial charge in [-0.2, -0.15) is 0 Å². The number of aryl methyl sites for hydroxylation is 1. The first-order chi connectivity index (χ1) is 13.6. The third kappa shape index (κ3) is 3.16. The Bertz CT molecular complexity index is 1200. The lowest BCUT2D eigenvalue weighted by Crippen LogP contribution is -2.08. The number of nitrogens with zero attached hydrogens (tertiary/aromatic N) is 1. The Morgan fingerprint density at radius 1 is 1.04 bits per heavy atom. The van der Waals surface area contributed by atoms with Crippen molar-refractivity contribution in [3.05, 3.63) is 66.2 Å². The third-order valence-electron chi connectivity index (χ3n) is 4.62. The van der Waals surface area contributed by atoms with Gasteiger partial charge in [-0.15, -0.1) is 0 Å². The van der Waals surface area contributed by atoms with Gasteiger partial charge >= 0.3 is 6.09 Å². The SMILES string of the molecule is COc1ccc(Nc2c3ccccc3nc3c(C)cccc23)cc1NC(=O)O. The van der Waals surface area contributed by atoms with Crippen molar-refractivity contribution in [1.29, 1.82) is 0 Å². The van der Waals surface area contributed by atoms with Crippen LogP contribution in [-0.2, 0) is 0 Å². The number of para-hydroxylation sites is 2. The standard InChI is InChI=1S/C22H19N3O3/c1-13-6-5-8-16-20(13)24-17-9-4-3-7-15(17)21(16)23-14-10-11-19(28-2)18(12-14)25-22(26)27/h3-12,25H,1-2H3,(H,23,24)(H,26,27). The van der Waals surface area contributed by atoms with Crippen LogP contribution < -0.4 is 15.4 Å². The second kappa shape index (κ2) is 7.08. The molecule has 1 aromatic heterocycles. The summed E-state index contributed by atoms with van der Waals surface area (Å²) in [7, 11) is 1.50. The van der Waals surface area contributed by atoms with Crippen molar-refractivity contribution in [1.82, 2.24) is 4.98 Å². The predicted molar refractivity (Wildman–Crippen MR) is 112 cm³/mol. The maximum Gasteiger partial charge on any atom is 0.409 e. The molecule has 6 nitrogen and oxygen atoms in total. The number of carbonyl (C=O) groups is 1. The Kier molecular flexibility index (Phi) is 4.45. The molecular formula is C22H19N3O3. The fraction of sp³-hybridized carbons (Fsp3) is 0.0909. The molecule has 0 aliphatic rings. The molecule has 6 heteroatoms. The quantitative estimate of drug-likeness (QED) is 0.409. The van der Waals surface area contributed by atoms with Gasteiger partial charge in [0.2, 0.25) is 0 Å². The van der Waals surface area contributed by atoms with E-state index in [0.717, 1.165) is 38.7 Å². The molecule has 0 fully saturated rings. The summed E-state index contributed by atoms with van der Waals surface area (Å²) >= 11 is 0. The van der Waals surface area contributed by atoms with Gasteiger partial charge < -0.3 is 15.2 Å². The van der Waals surface area contributed by atoms with Crippen LogP contribution in [0.3, 0.4) is 0 Å². The highest BCUT2D eigenvalue weighted by Gasteiger charge is 2.12. The van der Waals surface area contributed by atoms with E-state index in [4.69, 9.17) is 14.8 Å². The van der Waals surface area contributed by atoms with Crippen molar-refractivity contribution in [2.24, 2.45) is 0 Å². The van der Waals surface area contributed by atoms with Gasteiger partial charge in [-0.3, -0.25) is 5.32 Å². The van der Waals surface area contributed by atoms with Gasteiger partial charge in [-0.1, -0.05) is 36.4 Å². The fourth-order valence-electron chi connectivity index (χ4n) is 3.33. The summed E-state index contributed by atoms with van der Waals surface area (Å²) in [5.74, 6) is 0.452. The lowest BCUT2D eigenvalue weighted by Gasteiger charge is -2.16. The van der Waals surface area contributed by atoms with E-state index in [1.807, 2.05) is 55.5 Å². The number of nitrogens with one attached hydrogen (secondary N) is 2. The van der Waals surface area contributed by atoms with Crippen molar-refractivity contribution in [2.45, 2.75) is 6.92 Å². The summed E-state index contributed by atoms with van der Waals surface area (Å²) in [5, 5.41) is 16.9. The number of pyridine rings is 1. The first-order valence-corrected chi connectivity index (χ1v) is 8.80. The Morgan fingerprint density at radius 2 is 1.82 bits per heavy atom. The highest BCUT2D eigenvalue weighted by Crippen LogP contribution is 2.36. The molecule has 0 saturated heterocycles. The molecule has 0 bridgehead atoms. The zero-order valence-electron chi connectivity index (χ0n) is 15.5. The van der Waals surface area contributed by atoms with Crippen LogP contribution in [0, 0.1) is 6.92 Å². The van der Waals surface area contributed by atoms with Gasteiger partial charge in [0.15, 0.2) is 0 Å². The number of hydrogen-bond donors (Lipinski definition) is 3. The normalized spacial score (nSPS) is 10.8. The Balaban J connectivity index is 1.89. The molecule has 1 heterocycles. The van der Waals surface area contributed by atoms with Crippen LogP contribution in [0.5, 0.6) is 5.75 Å². The molecule has 0 aliphatic heterocycles. The largest absolute Gasteiger partial charge is 0.495 e. The van der Waals surface area contributed by atoms with Crippen LogP contribution in [0.1, 0.15) is 5.56 Å². The highest BCUT2D eigenvalue weighted by molar-refractivity contribution is 6.09. The second-order valence-corrected chi connectivity index (χ2v) is 6.45. The van der Waals surface area contributed by atoms with Crippen LogP contribution >= 0.6 is 0 Å². The smallest absolute Gasteiger partial charge is 0.409 e. The minimum atomic E-state index is -1.15. The molecule has 3 aromatic carbocycles. The van der Waals surface area contributed by atoms with Gasteiger partial charge in [0, 0.05) is 16.5 Å². The first kappa shape index (κ1) is 17.6. The molecular weight excluding hydrogens is 354 g/mol. The summed E-state index contributed by atoms with van der Waals surface area (Å²) in [6, 6.07) is 19.3. The van der Waals surface area contributed by atoms with E-state index < -0.39 is 6.09 Å². The van der Waals surface area contributed by atoms with Crippen molar-refractivity contribution in [3.8, 4) is 5.75 Å². The number of rotatable bonds is 4. The summed E-state index contributed by atoms with van der Waals surface area (Å²) in [6.45, 7) is 2.04. The average Bonchev–Trinajstić information content (AvgIpc) is 2.68. The Morgan fingerprint density at radius 3 is 2.61 bits per heavy atom. The number of hydrogen-bond acceptors (Lipinski definition) is 4. The molecule has 0 saturated carbocycles. The topological polar surface area (TPSA) is 83.5 Å². The van der Waals surface area contributed by atoms with E-state index >= 15 is 0 Å². The first-order valence-electron chi connectivity index (χ1n) is 8.80. The predicted octanol–water partition coefficient (Wildman–Crippen LogP) is 5.54. The minimum Gasteiger partial charge on any atom is -0.495 e. The maximum absolute atomic E-state index is 11.1. The Labute approximate surface area is 161 Å². The van der Waals surface area contributed by atoms with Gasteiger partial charge in [0.05, 0.1) is 29.5 Å². The molecule has 4 aromatic rings. The number of anilines is 3. The summed E-state index contributed by atoms with van der Waals surface area (Å²) < 4.78 is 5.24. The molecule has 0 spiro atoms. The fourth-order valence-corrected chi connectivity index (χ4v) is 3.33. The van der Waals surface area contributed by atoms with Crippen LogP contribution in [0.15, 0.2) is 60.7 Å². The molecule has 0 unspecified atom stereocenters. The molecule has 140 valence electrons. The van der Waals surface area contributed by atoms with Gasteiger partial charge in [-0.05, 0) is 36.8 Å². The van der Waals surface area contributed by atoms with E-state index in [2.05, 4.69) is 10.6 Å². The lowest BCUT2D eigenvalue weighted by molar-refractivity contribution is 0.209. The average molecular weight is 373 g/mol. The molecule has 0 radical (unpaired) electrons. The number of benzene rings is 3. The molecule has 4 rings (SSSR count). The highest BCUT2D eigenvalue weighted by atomic mass is 16.5. The van der Waals surface area contributed by atoms with Gasteiger partial charge in [0.1, 0.15) is 5.75 Å². The summed E-state index contributed by atoms with van der Waals surface area (Å²) in [5.41, 5.74) is 4.96. The van der Waals surface area contributed by atoms with Crippen LogP contribution in [-0.4, -0.2) is 23.3 Å². The van der Waals surface area contributed by atoms with E-state index in [1.165, 1.54) is 7.11 Å². The van der Waals surface area contributed by atoms with Gasteiger partial charge in [-0.25, -0.2) is 9.78 Å². The second-order valence-electron chi connectivity index (χ2n) is 6.45. The zero-order valence-corrected chi connectivity index (χ0v) is 15.5. The number of fused-ring (bicyclic) bond motifs is 2. The molecule has 1 amide bonds. The number of aromatic nitrogens is 1. The molecule has 0 aliphatic carbocycles. The molecule has 0 atom stereocenters. The van der Waals surface area contributed by atoms with Gasteiger partial charge in [0.25, 0.3) is 0 Å². The van der Waals surface area contributed by atoms with Crippen LogP contribution in [0.2, 0.25) is 0 Å². The van der Waals surface area contributed by atoms with E-state index in [-0.39, 0.29) is 0 Å². The van der Waals surface area contributed by atoms with E-state index in [9.17, 15) is 4.79 Å². The summed E-state index contributed by atoms with van der Waals surface area (Å²) in [6.07, 6.45) is -1.15. The van der Waals surface area contributed by atoms with Crippen molar-refractivity contribution < 1.29 is 14.6 Å². The molecule has 3 N–H and O–H groups in total. The van der Waals surface area contributed by atoms with Crippen molar-refractivity contribution in [2.75, 3.05) is 17.7 Å². The summed E-state index contributed by atoms with van der Waals surface area (Å²) in [4.78, 5) is 15.9. The minimum absolute atomic E-state index is 0.374. The number of ether oxygens (including phenoxy) is 1. The zero-order chi connectivity index (χ0) is 19.7. The van der Waals surface area contributed by atoms with Crippen LogP contribution in [0.4, 0.5) is 21.9 Å². The number of methoxy groups -OCH3 is 1. The number of carboxylic acid groups (broad SMARTS) is 1. The third-order valence-corrected chi connectivity index (χ3v) is 4.62. The number of amides is 1. The van der Waals surface area contributed by atoms with Crippen LogP contribution in [0.25, 0.3) is 21.8 Å². The van der Waals surface area contributed by atoms with Crippen molar-refractivity contribution in [3.63, 3.8) is 0 Å². The maximum atomic E-state index is 11.1. The lowest BCUT2D eigenvalue weighted by atomic mass is 10.0. The van der Waals surface area contributed by atoms with E-state index in [0.29, 0.717) is 11.4 Å². The molecule has 28 heavy (non-hydrogen) atoms. The monoisotopic (exact) mass is 373 g/mol. The Hall–Kier alpha value is -3.80. The van der Waals surface area contributed by atoms with E-state index in [1.54, 1.807) is 12.1 Å².